The highest BCUT2D eigenvalue weighted by atomic mass is 33.1. The molecule has 0 saturated carbocycles. The summed E-state index contributed by atoms with van der Waals surface area (Å²) in [5, 5.41) is 7.57. The first-order valence-corrected chi connectivity index (χ1v) is 26.8. The van der Waals surface area contributed by atoms with E-state index in [1.165, 1.54) is 78.4 Å². The van der Waals surface area contributed by atoms with Gasteiger partial charge in [-0.05, 0) is 54.1 Å². The van der Waals surface area contributed by atoms with E-state index in [0.29, 0.717) is 0 Å². The van der Waals surface area contributed by atoms with Crippen LogP contribution in [0.2, 0.25) is 0 Å². The summed E-state index contributed by atoms with van der Waals surface area (Å²) in [7, 11) is 12.4. The molecular weight excluding hydrogens is 951 g/mol. The molecule has 3 N–H and O–H groups in total. The number of hydrogen-bond acceptors (Lipinski definition) is 16. The van der Waals surface area contributed by atoms with E-state index in [2.05, 4.69) is 16.0 Å². The minimum atomic E-state index is -1.45. The summed E-state index contributed by atoms with van der Waals surface area (Å²) in [5.74, 6) is -5.01. The second-order valence-corrected chi connectivity index (χ2v) is 23.3. The zero-order chi connectivity index (χ0) is 51.4. The SMILES string of the molecule is CSC[C@H]1C(=O)N(C)C[C@@H](NC(=O)OC(C)(C)C)C(=O)NCC(=O)N(C)[C@H]2CSSC[C@@H](C(=O)N1C)N(C)C(=O)CCC(=O)[C@H](NC(=O)OC(C)(C)C)CN(C)C(=O)[C@H](CSC)[N+](C)(C)C2=O. The maximum absolute atomic E-state index is 15.0. The third-order valence-corrected chi connectivity index (χ3v) is 14.6. The van der Waals surface area contributed by atoms with Crippen molar-refractivity contribution in [3.05, 3.63) is 0 Å². The number of nitrogens with one attached hydrogen (secondary N) is 3. The molecule has 2 aliphatic rings. The normalized spacial score (nSPS) is 25.7. The van der Waals surface area contributed by atoms with Crippen molar-refractivity contribution in [3.63, 3.8) is 0 Å². The van der Waals surface area contributed by atoms with Gasteiger partial charge in [0.1, 0.15) is 35.4 Å². The lowest BCUT2D eigenvalue weighted by molar-refractivity contribution is -0.829. The Hall–Kier alpha value is -3.94. The highest BCUT2D eigenvalue weighted by Gasteiger charge is 2.48. The number of carbonyl (C=O) groups excluding carboxylic acids is 10. The summed E-state index contributed by atoms with van der Waals surface area (Å²) < 4.78 is 10.3. The molecule has 0 spiro atoms. The van der Waals surface area contributed by atoms with Crippen LogP contribution in [-0.4, -0.2) is 240 Å². The number of likely N-dealkylation sites (N-methyl/N-ethyl adjacent to an activating group) is 6. The van der Waals surface area contributed by atoms with Crippen LogP contribution in [0.3, 0.4) is 0 Å². The van der Waals surface area contributed by atoms with Gasteiger partial charge in [0.2, 0.25) is 29.5 Å². The molecule has 380 valence electrons. The van der Waals surface area contributed by atoms with Crippen LogP contribution in [0.15, 0.2) is 0 Å². The van der Waals surface area contributed by atoms with Crippen LogP contribution in [0, 0.1) is 0 Å². The predicted octanol–water partition coefficient (Wildman–Crippen LogP) is 0.743. The van der Waals surface area contributed by atoms with Gasteiger partial charge in [-0.3, -0.25) is 38.0 Å². The van der Waals surface area contributed by atoms with E-state index in [-0.39, 0.29) is 29.6 Å². The van der Waals surface area contributed by atoms with E-state index < -0.39 is 137 Å². The first-order chi connectivity index (χ1) is 30.9. The molecule has 0 aliphatic carbocycles. The van der Waals surface area contributed by atoms with E-state index in [0.717, 1.165) is 26.5 Å². The minimum Gasteiger partial charge on any atom is -0.444 e. The standard InChI is InChI=1S/C42H71N9O12S4/c1-41(2,3)62-39(60)44-25-19-47(8)37(58)30(24-65-15)51(12,13)38(59)29-23-67-66-22-28(48(9)32(53)17-16-31(25)52)36(57)50(11)27(21-64-14)35(56)46(7)20-26(45-40(61)63-42(4,5)6)34(55)43-18-33(54)49(29)10/h25-30H,16-24H2,1-15H3,(H2-,43,44,45,55,60,61)/p+1/t25-,26-,27+,28+,29+,30+/m1/s1. The van der Waals surface area contributed by atoms with E-state index in [1.807, 2.05) is 0 Å². The fourth-order valence-electron chi connectivity index (χ4n) is 6.94. The van der Waals surface area contributed by atoms with Crippen molar-refractivity contribution in [1.29, 1.82) is 0 Å². The van der Waals surface area contributed by atoms with Gasteiger partial charge in [0, 0.05) is 78.4 Å². The van der Waals surface area contributed by atoms with E-state index in [9.17, 15) is 47.9 Å². The van der Waals surface area contributed by atoms with Crippen molar-refractivity contribution >= 4 is 104 Å². The zero-order valence-corrected chi connectivity index (χ0v) is 44.8. The highest BCUT2D eigenvalue weighted by molar-refractivity contribution is 8.76. The van der Waals surface area contributed by atoms with Gasteiger partial charge in [-0.2, -0.15) is 23.5 Å². The van der Waals surface area contributed by atoms with Gasteiger partial charge in [-0.25, -0.2) is 14.4 Å². The number of nitrogens with zero attached hydrogens (tertiary/aromatic N) is 6. The third kappa shape index (κ3) is 17.5. The molecule has 0 radical (unpaired) electrons. The summed E-state index contributed by atoms with van der Waals surface area (Å²) in [4.78, 5) is 146. The van der Waals surface area contributed by atoms with Crippen LogP contribution < -0.4 is 16.0 Å². The van der Waals surface area contributed by atoms with Crippen molar-refractivity contribution < 1.29 is 61.9 Å². The second-order valence-electron chi connectivity index (χ2n) is 18.9. The maximum atomic E-state index is 15.0. The molecule has 2 heterocycles. The summed E-state index contributed by atoms with van der Waals surface area (Å²) >= 11 is 2.57. The number of fused-ring (bicyclic) bond motifs is 5. The fourth-order valence-corrected chi connectivity index (χ4v) is 11.0. The topological polar surface area (TPSA) is 241 Å². The average Bonchev–Trinajstić information content (AvgIpc) is 3.22. The lowest BCUT2D eigenvalue weighted by Gasteiger charge is -2.40. The summed E-state index contributed by atoms with van der Waals surface area (Å²) in [6, 6.07) is -7.45. The number of carbonyl (C=O) groups is 10. The molecule has 2 bridgehead atoms. The Labute approximate surface area is 411 Å². The van der Waals surface area contributed by atoms with Crippen LogP contribution in [-0.2, 0) is 47.8 Å². The molecular formula is C42H72N9O12S4+. The van der Waals surface area contributed by atoms with E-state index >= 15 is 0 Å². The van der Waals surface area contributed by atoms with Crippen molar-refractivity contribution in [2.45, 2.75) is 102 Å². The van der Waals surface area contributed by atoms with Crippen molar-refractivity contribution in [2.24, 2.45) is 0 Å². The molecule has 21 nitrogen and oxygen atoms in total. The van der Waals surface area contributed by atoms with Crippen LogP contribution in [0.4, 0.5) is 9.59 Å². The molecule has 67 heavy (non-hydrogen) atoms. The molecule has 2 aliphatic heterocycles. The Morgan fingerprint density at radius 3 is 1.67 bits per heavy atom. The smallest absolute Gasteiger partial charge is 0.408 e. The summed E-state index contributed by atoms with van der Waals surface area (Å²) in [5.41, 5.74) is -1.90. The molecule has 2 fully saturated rings. The van der Waals surface area contributed by atoms with Gasteiger partial charge in [-0.15, -0.1) is 0 Å². The lowest BCUT2D eigenvalue weighted by atomic mass is 10.1. The number of alkyl carbamates (subject to hydrolysis) is 2. The average molecular weight is 1020 g/mol. The number of quaternary nitrogens is 1. The number of ether oxygens (including phenoxy) is 2. The van der Waals surface area contributed by atoms with Crippen molar-refractivity contribution in [2.75, 3.05) is 104 Å². The molecule has 9 amide bonds. The summed E-state index contributed by atoms with van der Waals surface area (Å²) in [6.07, 6.45) is 0.794. The maximum Gasteiger partial charge on any atom is 0.408 e. The number of Topliss-reactive ketones (excluding diaryl/α,β-unsaturated/α-hetero) is 1. The monoisotopic (exact) mass is 1020 g/mol. The van der Waals surface area contributed by atoms with Gasteiger partial charge in [0.05, 0.1) is 26.4 Å². The predicted molar refractivity (Wildman–Crippen MR) is 261 cm³/mol. The first kappa shape index (κ1) is 59.2. The van der Waals surface area contributed by atoms with Crippen LogP contribution in [0.25, 0.3) is 0 Å². The number of amides is 9. The Balaban J connectivity index is 2.89. The number of ketones is 1. The second kappa shape index (κ2) is 25.6. The largest absolute Gasteiger partial charge is 0.444 e. The van der Waals surface area contributed by atoms with Gasteiger partial charge in [-0.1, -0.05) is 21.6 Å². The molecule has 6 atom stereocenters. The Kier molecular flexibility index (Phi) is 22.6. The Morgan fingerprint density at radius 2 is 1.15 bits per heavy atom. The van der Waals surface area contributed by atoms with Gasteiger partial charge >= 0.3 is 18.1 Å². The highest BCUT2D eigenvalue weighted by Crippen LogP contribution is 2.29. The number of thioether (sulfide) groups is 2. The third-order valence-electron chi connectivity index (χ3n) is 11.0. The fraction of sp³-hybridized carbons (Fsp3) is 0.762. The molecule has 25 heteroatoms. The lowest BCUT2D eigenvalue weighted by Crippen LogP contribution is -2.66. The molecule has 2 rings (SSSR count). The minimum absolute atomic E-state index is 0.0595. The van der Waals surface area contributed by atoms with Gasteiger partial charge < -0.3 is 49.9 Å². The molecule has 0 aromatic heterocycles. The number of rotatable bonds is 6. The first-order valence-electron chi connectivity index (χ1n) is 21.6. The molecule has 0 unspecified atom stereocenters. The van der Waals surface area contributed by atoms with E-state index in [4.69, 9.17) is 9.47 Å². The summed E-state index contributed by atoms with van der Waals surface area (Å²) in [6.45, 7) is 8.39. The molecule has 2 saturated heterocycles. The van der Waals surface area contributed by atoms with Crippen LogP contribution in [0.1, 0.15) is 54.4 Å². The van der Waals surface area contributed by atoms with Crippen molar-refractivity contribution in [3.8, 4) is 0 Å². The van der Waals surface area contributed by atoms with Gasteiger partial charge in [0.15, 0.2) is 17.9 Å². The zero-order valence-electron chi connectivity index (χ0n) is 41.5. The van der Waals surface area contributed by atoms with Gasteiger partial charge in [0.25, 0.3) is 5.91 Å². The molecule has 0 aromatic rings. The number of hydrogen-bond donors (Lipinski definition) is 3. The molecule has 0 aromatic carbocycles. The van der Waals surface area contributed by atoms with E-state index in [1.54, 1.807) is 68.1 Å². The Morgan fingerprint density at radius 1 is 0.672 bits per heavy atom. The Bertz CT molecular complexity index is 1850. The van der Waals surface area contributed by atoms with Crippen LogP contribution in [0.5, 0.6) is 0 Å². The van der Waals surface area contributed by atoms with Crippen molar-refractivity contribution in [1.82, 2.24) is 40.4 Å². The van der Waals surface area contributed by atoms with Crippen LogP contribution >= 0.6 is 45.1 Å². The quantitative estimate of drug-likeness (QED) is 0.246.